The van der Waals surface area contributed by atoms with Crippen molar-refractivity contribution in [3.05, 3.63) is 57.3 Å². The standard InChI is InChI=1S/C22H30FN5O4S/c1-31-21-6-4-3-5-19(21)20-8-7-18(15-22(20,23)32-2)33(29,30)26-11-14-28-12-9-17(10-13-28)16-25-27-24/h3-8,17,26H,9-16H2,1-2H3. The van der Waals surface area contributed by atoms with Crippen LogP contribution in [0.2, 0.25) is 0 Å². The molecule has 1 heterocycles. The van der Waals surface area contributed by atoms with E-state index in [0.29, 0.717) is 30.3 Å². The van der Waals surface area contributed by atoms with Gasteiger partial charge in [-0.15, -0.1) is 0 Å². The van der Waals surface area contributed by atoms with Crippen LogP contribution in [0.4, 0.5) is 4.39 Å². The van der Waals surface area contributed by atoms with Crippen LogP contribution in [0.3, 0.4) is 0 Å². The zero-order chi connectivity index (χ0) is 23.9. The van der Waals surface area contributed by atoms with Gasteiger partial charge in [0.25, 0.3) is 0 Å². The number of azide groups is 1. The molecule has 3 rings (SSSR count). The Balaban J connectivity index is 1.64. The van der Waals surface area contributed by atoms with Crippen LogP contribution in [0.5, 0.6) is 5.75 Å². The molecule has 1 fully saturated rings. The highest BCUT2D eigenvalue weighted by Crippen LogP contribution is 2.43. The Morgan fingerprint density at radius 1 is 1.27 bits per heavy atom. The minimum atomic E-state index is -3.88. The Morgan fingerprint density at radius 2 is 2.00 bits per heavy atom. The number of likely N-dealkylation sites (tertiary alicyclic amines) is 1. The molecular formula is C22H30FN5O4S. The minimum absolute atomic E-state index is 0.0708. The fourth-order valence-electron chi connectivity index (χ4n) is 4.18. The lowest BCUT2D eigenvalue weighted by Gasteiger charge is -2.32. The first kappa shape index (κ1) is 25.2. The van der Waals surface area contributed by atoms with Crippen molar-refractivity contribution in [1.29, 1.82) is 0 Å². The van der Waals surface area contributed by atoms with Crippen molar-refractivity contribution in [1.82, 2.24) is 9.62 Å². The molecule has 180 valence electrons. The summed E-state index contributed by atoms with van der Waals surface area (Å²) in [7, 11) is -1.16. The number of piperidine rings is 1. The molecule has 0 bridgehead atoms. The normalized spacial score (nSPS) is 22.3. The predicted octanol–water partition coefficient (Wildman–Crippen LogP) is 3.62. The number of alkyl halides is 1. The zero-order valence-corrected chi connectivity index (χ0v) is 19.7. The van der Waals surface area contributed by atoms with Crippen LogP contribution in [0.25, 0.3) is 16.0 Å². The monoisotopic (exact) mass is 479 g/mol. The molecule has 1 aliphatic heterocycles. The quantitative estimate of drug-likeness (QED) is 0.313. The number of para-hydroxylation sites is 1. The van der Waals surface area contributed by atoms with Gasteiger partial charge in [-0.1, -0.05) is 29.4 Å². The molecule has 1 N–H and O–H groups in total. The first-order valence-electron chi connectivity index (χ1n) is 10.8. The van der Waals surface area contributed by atoms with E-state index in [9.17, 15) is 8.42 Å². The average molecular weight is 480 g/mol. The molecular weight excluding hydrogens is 449 g/mol. The number of nitrogens with zero attached hydrogens (tertiary/aromatic N) is 4. The maximum atomic E-state index is 15.8. The molecule has 0 saturated carbocycles. The van der Waals surface area contributed by atoms with Crippen molar-refractivity contribution in [2.75, 3.05) is 46.9 Å². The maximum Gasteiger partial charge on any atom is 0.240 e. The number of hydrogen-bond acceptors (Lipinski definition) is 6. The average Bonchev–Trinajstić information content (AvgIpc) is 2.83. The van der Waals surface area contributed by atoms with Crippen LogP contribution < -0.4 is 9.46 Å². The second kappa shape index (κ2) is 11.1. The third-order valence-electron chi connectivity index (χ3n) is 6.14. The number of sulfonamides is 1. The van der Waals surface area contributed by atoms with Crippen LogP contribution >= 0.6 is 0 Å². The summed E-state index contributed by atoms with van der Waals surface area (Å²) in [6.07, 6.45) is 4.24. The number of ether oxygens (including phenoxy) is 2. The van der Waals surface area contributed by atoms with Crippen LogP contribution in [0.1, 0.15) is 24.8 Å². The van der Waals surface area contributed by atoms with Gasteiger partial charge < -0.3 is 14.4 Å². The Hall–Kier alpha value is -2.43. The van der Waals surface area contributed by atoms with Gasteiger partial charge in [0, 0.05) is 49.2 Å². The van der Waals surface area contributed by atoms with E-state index in [0.717, 1.165) is 25.9 Å². The van der Waals surface area contributed by atoms with Gasteiger partial charge in [-0.05, 0) is 49.5 Å². The molecule has 1 aromatic rings. The summed E-state index contributed by atoms with van der Waals surface area (Å²) in [5, 5.41) is 3.63. The minimum Gasteiger partial charge on any atom is -0.496 e. The van der Waals surface area contributed by atoms with E-state index < -0.39 is 22.3 Å². The molecule has 1 unspecified atom stereocenters. The van der Waals surface area contributed by atoms with Crippen LogP contribution in [-0.4, -0.2) is 66.1 Å². The molecule has 1 saturated heterocycles. The lowest BCUT2D eigenvalue weighted by atomic mass is 9.91. The highest BCUT2D eigenvalue weighted by Gasteiger charge is 2.42. The van der Waals surface area contributed by atoms with Crippen molar-refractivity contribution in [3.63, 3.8) is 0 Å². The molecule has 0 radical (unpaired) electrons. The smallest absolute Gasteiger partial charge is 0.240 e. The van der Waals surface area contributed by atoms with E-state index in [2.05, 4.69) is 19.6 Å². The molecule has 1 aliphatic carbocycles. The molecule has 2 aliphatic rings. The predicted molar refractivity (Wildman–Crippen MR) is 125 cm³/mol. The number of nitrogens with one attached hydrogen (secondary N) is 1. The summed E-state index contributed by atoms with van der Waals surface area (Å²) in [5.41, 5.74) is 9.15. The van der Waals surface area contributed by atoms with Gasteiger partial charge in [0.2, 0.25) is 15.9 Å². The molecule has 33 heavy (non-hydrogen) atoms. The van der Waals surface area contributed by atoms with E-state index in [4.69, 9.17) is 15.0 Å². The van der Waals surface area contributed by atoms with Gasteiger partial charge in [-0.3, -0.25) is 0 Å². The van der Waals surface area contributed by atoms with Gasteiger partial charge in [-0.25, -0.2) is 17.5 Å². The SMILES string of the molecule is COc1ccccc1C1=CC=C(S(=O)(=O)NCCN2CCC(CN=[N+]=[N-])CC2)CC1(F)OC. The van der Waals surface area contributed by atoms with E-state index in [-0.39, 0.29) is 17.0 Å². The highest BCUT2D eigenvalue weighted by molar-refractivity contribution is 7.93. The van der Waals surface area contributed by atoms with E-state index in [1.165, 1.54) is 26.4 Å². The van der Waals surface area contributed by atoms with Crippen molar-refractivity contribution < 1.29 is 22.3 Å². The fraction of sp³-hybridized carbons (Fsp3) is 0.545. The molecule has 0 amide bonds. The summed E-state index contributed by atoms with van der Waals surface area (Å²) < 4.78 is 54.5. The van der Waals surface area contributed by atoms with Crippen LogP contribution in [-0.2, 0) is 14.8 Å². The third-order valence-corrected chi connectivity index (χ3v) is 7.69. The summed E-state index contributed by atoms with van der Waals surface area (Å²) in [6, 6.07) is 6.95. The number of hydrogen-bond donors (Lipinski definition) is 1. The summed E-state index contributed by atoms with van der Waals surface area (Å²) in [6.45, 7) is 2.90. The second-order valence-corrected chi connectivity index (χ2v) is 9.94. The first-order valence-corrected chi connectivity index (χ1v) is 12.3. The Labute approximate surface area is 193 Å². The zero-order valence-electron chi connectivity index (χ0n) is 18.9. The Morgan fingerprint density at radius 3 is 2.67 bits per heavy atom. The molecule has 11 heteroatoms. The van der Waals surface area contributed by atoms with E-state index in [1.54, 1.807) is 24.3 Å². The number of rotatable bonds is 10. The van der Waals surface area contributed by atoms with Crippen molar-refractivity contribution in [2.24, 2.45) is 11.0 Å². The largest absolute Gasteiger partial charge is 0.496 e. The van der Waals surface area contributed by atoms with Gasteiger partial charge in [0.1, 0.15) is 5.75 Å². The molecule has 9 nitrogen and oxygen atoms in total. The lowest BCUT2D eigenvalue weighted by Crippen LogP contribution is -2.41. The van der Waals surface area contributed by atoms with E-state index in [1.807, 2.05) is 0 Å². The summed E-state index contributed by atoms with van der Waals surface area (Å²) in [4.78, 5) is 4.89. The number of benzene rings is 1. The van der Waals surface area contributed by atoms with Crippen molar-refractivity contribution in [2.45, 2.75) is 25.1 Å². The van der Waals surface area contributed by atoms with Gasteiger partial charge >= 0.3 is 0 Å². The summed E-state index contributed by atoms with van der Waals surface area (Å²) in [5.74, 6) is -1.46. The van der Waals surface area contributed by atoms with Gasteiger partial charge in [-0.2, -0.15) is 0 Å². The van der Waals surface area contributed by atoms with Crippen LogP contribution in [0.15, 0.2) is 46.4 Å². The van der Waals surface area contributed by atoms with Crippen molar-refractivity contribution in [3.8, 4) is 5.75 Å². The van der Waals surface area contributed by atoms with E-state index >= 15 is 4.39 Å². The fourth-order valence-corrected chi connectivity index (χ4v) is 5.35. The molecule has 0 aromatic heterocycles. The Bertz CT molecular complexity index is 1050. The topological polar surface area (TPSA) is 117 Å². The second-order valence-electron chi connectivity index (χ2n) is 8.12. The molecule has 0 spiro atoms. The molecule has 1 atom stereocenters. The third kappa shape index (κ3) is 6.13. The highest BCUT2D eigenvalue weighted by atomic mass is 32.2. The Kier molecular flexibility index (Phi) is 8.50. The van der Waals surface area contributed by atoms with Crippen LogP contribution in [0, 0.1) is 5.92 Å². The summed E-state index contributed by atoms with van der Waals surface area (Å²) >= 11 is 0. The number of halogens is 1. The lowest BCUT2D eigenvalue weighted by molar-refractivity contribution is -0.0681. The number of methoxy groups -OCH3 is 2. The number of allylic oxidation sites excluding steroid dienone is 2. The molecule has 1 aromatic carbocycles. The maximum absolute atomic E-state index is 15.8. The first-order chi connectivity index (χ1) is 15.8. The van der Waals surface area contributed by atoms with Gasteiger partial charge in [0.05, 0.1) is 12.0 Å². The van der Waals surface area contributed by atoms with Crippen molar-refractivity contribution >= 4 is 15.6 Å². The van der Waals surface area contributed by atoms with Gasteiger partial charge in [0.15, 0.2) is 0 Å².